The standard InChI is InChI=1S/C6H12N4O4/c1-5(2,9(11)12)7-8-6(3,4)10(13)14/h1-4H3. The molecule has 0 bridgehead atoms. The summed E-state index contributed by atoms with van der Waals surface area (Å²) in [6.07, 6.45) is 0. The van der Waals surface area contributed by atoms with Crippen molar-refractivity contribution in [3.63, 3.8) is 0 Å². The van der Waals surface area contributed by atoms with Crippen LogP contribution in [-0.2, 0) is 0 Å². The summed E-state index contributed by atoms with van der Waals surface area (Å²) in [7, 11) is 0. The van der Waals surface area contributed by atoms with Crippen LogP contribution in [0.1, 0.15) is 27.7 Å². The quantitative estimate of drug-likeness (QED) is 0.392. The topological polar surface area (TPSA) is 111 Å². The average molecular weight is 204 g/mol. The molecule has 0 saturated heterocycles. The maximum absolute atomic E-state index is 10.4. The van der Waals surface area contributed by atoms with Gasteiger partial charge in [-0.25, -0.2) is 0 Å². The lowest BCUT2D eigenvalue weighted by molar-refractivity contribution is -0.571. The minimum Gasteiger partial charge on any atom is -0.262 e. The minimum absolute atomic E-state index is 0.660. The van der Waals surface area contributed by atoms with Crippen molar-refractivity contribution < 1.29 is 9.85 Å². The summed E-state index contributed by atoms with van der Waals surface area (Å²) in [5.74, 6) is 0. The SMILES string of the molecule is CC(C)(N=NC(C)(C)[N+](=O)[O-])[N+](=O)[O-]. The van der Waals surface area contributed by atoms with E-state index in [1.807, 2.05) is 0 Å². The molecular formula is C6H12N4O4. The fourth-order valence-electron chi connectivity index (χ4n) is 0.318. The van der Waals surface area contributed by atoms with Crippen LogP contribution < -0.4 is 0 Å². The van der Waals surface area contributed by atoms with Crippen LogP contribution in [0.4, 0.5) is 0 Å². The molecule has 80 valence electrons. The van der Waals surface area contributed by atoms with E-state index >= 15 is 0 Å². The number of rotatable bonds is 4. The van der Waals surface area contributed by atoms with E-state index in [-0.39, 0.29) is 0 Å². The van der Waals surface area contributed by atoms with Crippen LogP contribution >= 0.6 is 0 Å². The van der Waals surface area contributed by atoms with Crippen molar-refractivity contribution in [3.05, 3.63) is 20.2 Å². The van der Waals surface area contributed by atoms with Crippen molar-refractivity contribution >= 4 is 0 Å². The number of nitro groups is 2. The lowest BCUT2D eigenvalue weighted by Crippen LogP contribution is -2.32. The second-order valence-electron chi connectivity index (χ2n) is 3.70. The Morgan fingerprint density at radius 1 is 0.857 bits per heavy atom. The van der Waals surface area contributed by atoms with Gasteiger partial charge in [-0.3, -0.25) is 20.2 Å². The van der Waals surface area contributed by atoms with Crippen LogP contribution in [0.25, 0.3) is 0 Å². The predicted octanol–water partition coefficient (Wildman–Crippen LogP) is 1.46. The van der Waals surface area contributed by atoms with Crippen molar-refractivity contribution in [2.45, 2.75) is 39.0 Å². The Hall–Kier alpha value is -1.60. The summed E-state index contributed by atoms with van der Waals surface area (Å²) < 4.78 is 0. The molecule has 0 N–H and O–H groups in total. The summed E-state index contributed by atoms with van der Waals surface area (Å²) in [6.45, 7) is 4.86. The fourth-order valence-corrected chi connectivity index (χ4v) is 0.318. The van der Waals surface area contributed by atoms with Gasteiger partial charge in [0, 0.05) is 27.7 Å². The van der Waals surface area contributed by atoms with E-state index in [9.17, 15) is 20.2 Å². The molecule has 0 aliphatic carbocycles. The predicted molar refractivity (Wildman–Crippen MR) is 47.0 cm³/mol. The Morgan fingerprint density at radius 2 is 1.07 bits per heavy atom. The van der Waals surface area contributed by atoms with Crippen molar-refractivity contribution in [1.82, 2.24) is 0 Å². The van der Waals surface area contributed by atoms with Gasteiger partial charge < -0.3 is 0 Å². The van der Waals surface area contributed by atoms with Crippen molar-refractivity contribution in [2.24, 2.45) is 10.2 Å². The highest BCUT2D eigenvalue weighted by Gasteiger charge is 2.35. The van der Waals surface area contributed by atoms with Gasteiger partial charge in [0.05, 0.1) is 9.85 Å². The molecule has 0 saturated carbocycles. The number of hydrogen-bond acceptors (Lipinski definition) is 6. The molecular weight excluding hydrogens is 192 g/mol. The molecule has 0 aliphatic rings. The lowest BCUT2D eigenvalue weighted by atomic mass is 10.3. The Balaban J connectivity index is 4.76. The van der Waals surface area contributed by atoms with Gasteiger partial charge in [0.15, 0.2) is 0 Å². The summed E-state index contributed by atoms with van der Waals surface area (Å²) in [5.41, 5.74) is -3.26. The molecule has 0 aromatic rings. The zero-order valence-corrected chi connectivity index (χ0v) is 8.42. The van der Waals surface area contributed by atoms with Gasteiger partial charge in [-0.2, -0.15) is 0 Å². The van der Waals surface area contributed by atoms with Crippen molar-refractivity contribution in [1.29, 1.82) is 0 Å². The zero-order chi connectivity index (χ0) is 11.6. The fraction of sp³-hybridized carbons (Fsp3) is 1.00. The van der Waals surface area contributed by atoms with Gasteiger partial charge >= 0.3 is 11.3 Å². The number of hydrogen-bond donors (Lipinski definition) is 0. The van der Waals surface area contributed by atoms with Crippen LogP contribution in [0.3, 0.4) is 0 Å². The molecule has 0 aromatic carbocycles. The third-order valence-corrected chi connectivity index (χ3v) is 1.43. The van der Waals surface area contributed by atoms with Crippen LogP contribution in [0.2, 0.25) is 0 Å². The normalized spacial score (nSPS) is 13.1. The van der Waals surface area contributed by atoms with Gasteiger partial charge in [-0.15, -0.1) is 10.2 Å². The third-order valence-electron chi connectivity index (χ3n) is 1.43. The monoisotopic (exact) mass is 204 g/mol. The molecule has 8 heteroatoms. The Labute approximate surface area is 80.3 Å². The molecule has 0 aliphatic heterocycles. The first-order valence-corrected chi connectivity index (χ1v) is 3.82. The third kappa shape index (κ3) is 3.04. The molecule has 0 fully saturated rings. The van der Waals surface area contributed by atoms with Crippen LogP contribution in [0.15, 0.2) is 10.2 Å². The molecule has 0 heterocycles. The second kappa shape index (κ2) is 3.64. The zero-order valence-electron chi connectivity index (χ0n) is 8.42. The van der Waals surface area contributed by atoms with E-state index in [4.69, 9.17) is 0 Å². The molecule has 0 rings (SSSR count). The largest absolute Gasteiger partial charge is 0.324 e. The van der Waals surface area contributed by atoms with E-state index in [1.165, 1.54) is 27.7 Å². The maximum atomic E-state index is 10.4. The first kappa shape index (κ1) is 12.4. The van der Waals surface area contributed by atoms with E-state index in [0.29, 0.717) is 0 Å². The van der Waals surface area contributed by atoms with Gasteiger partial charge in [0.1, 0.15) is 0 Å². The molecule has 0 spiro atoms. The average Bonchev–Trinajstić information content (AvgIpc) is 2.01. The highest BCUT2D eigenvalue weighted by Crippen LogP contribution is 2.16. The van der Waals surface area contributed by atoms with Gasteiger partial charge in [0.2, 0.25) is 0 Å². The van der Waals surface area contributed by atoms with Crippen molar-refractivity contribution in [2.75, 3.05) is 0 Å². The minimum atomic E-state index is -1.63. The van der Waals surface area contributed by atoms with Gasteiger partial charge in [-0.05, 0) is 0 Å². The molecule has 0 aromatic heterocycles. The maximum Gasteiger partial charge on any atom is 0.324 e. The van der Waals surface area contributed by atoms with Gasteiger partial charge in [-0.1, -0.05) is 0 Å². The Bertz CT molecular complexity index is 256. The van der Waals surface area contributed by atoms with E-state index in [1.54, 1.807) is 0 Å². The van der Waals surface area contributed by atoms with Crippen LogP contribution in [-0.4, -0.2) is 21.2 Å². The molecule has 0 radical (unpaired) electrons. The highest BCUT2D eigenvalue weighted by atomic mass is 16.6. The Kier molecular flexibility index (Phi) is 3.23. The Morgan fingerprint density at radius 3 is 1.21 bits per heavy atom. The lowest BCUT2D eigenvalue weighted by Gasteiger charge is -2.11. The highest BCUT2D eigenvalue weighted by molar-refractivity contribution is 4.65. The van der Waals surface area contributed by atoms with E-state index in [2.05, 4.69) is 10.2 Å². The smallest absolute Gasteiger partial charge is 0.262 e. The van der Waals surface area contributed by atoms with Gasteiger partial charge in [0.25, 0.3) is 0 Å². The summed E-state index contributed by atoms with van der Waals surface area (Å²) in [6, 6.07) is 0. The molecule has 8 nitrogen and oxygen atoms in total. The number of azo groups is 1. The van der Waals surface area contributed by atoms with E-state index < -0.39 is 21.2 Å². The van der Waals surface area contributed by atoms with Crippen LogP contribution in [0, 0.1) is 20.2 Å². The summed E-state index contributed by atoms with van der Waals surface area (Å²) in [5, 5.41) is 27.4. The molecule has 14 heavy (non-hydrogen) atoms. The molecule has 0 atom stereocenters. The first-order valence-electron chi connectivity index (χ1n) is 3.82. The van der Waals surface area contributed by atoms with E-state index in [0.717, 1.165) is 0 Å². The molecule has 0 unspecified atom stereocenters. The second-order valence-corrected chi connectivity index (χ2v) is 3.70. The van der Waals surface area contributed by atoms with Crippen LogP contribution in [0.5, 0.6) is 0 Å². The summed E-state index contributed by atoms with van der Waals surface area (Å²) in [4.78, 5) is 19.5. The first-order chi connectivity index (χ1) is 6.09. The molecule has 0 amide bonds. The van der Waals surface area contributed by atoms with Crippen molar-refractivity contribution in [3.8, 4) is 0 Å². The summed E-state index contributed by atoms with van der Waals surface area (Å²) >= 11 is 0. The number of nitrogens with zero attached hydrogens (tertiary/aromatic N) is 4.